The first-order valence-electron chi connectivity index (χ1n) is 4.67. The van der Waals surface area contributed by atoms with Gasteiger partial charge in [0.2, 0.25) is 0 Å². The molecule has 1 unspecified atom stereocenters. The summed E-state index contributed by atoms with van der Waals surface area (Å²) in [6, 6.07) is 4.97. The van der Waals surface area contributed by atoms with E-state index in [2.05, 4.69) is 4.98 Å². The average molecular weight is 191 g/mol. The van der Waals surface area contributed by atoms with Crippen LogP contribution in [0.4, 0.5) is 4.39 Å². The summed E-state index contributed by atoms with van der Waals surface area (Å²) in [5, 5.41) is 0. The maximum atomic E-state index is 13.4. The molecule has 1 aromatic carbocycles. The van der Waals surface area contributed by atoms with Crippen LogP contribution in [0, 0.1) is 5.82 Å². The van der Waals surface area contributed by atoms with Gasteiger partial charge in [0.15, 0.2) is 5.82 Å². The Bertz CT molecular complexity index is 503. The minimum atomic E-state index is -0.267. The third-order valence-corrected chi connectivity index (χ3v) is 2.75. The lowest BCUT2D eigenvalue weighted by Gasteiger charge is -1.96. The van der Waals surface area contributed by atoms with Crippen LogP contribution in [0.5, 0.6) is 0 Å². The predicted molar refractivity (Wildman–Crippen MR) is 51.2 cm³/mol. The van der Waals surface area contributed by atoms with Gasteiger partial charge in [-0.2, -0.15) is 0 Å². The number of fused-ring (bicyclic) bond motifs is 3. The molecule has 1 aliphatic heterocycles. The van der Waals surface area contributed by atoms with E-state index in [1.165, 1.54) is 6.07 Å². The fraction of sp³-hybridized carbons (Fsp3) is 0.300. The summed E-state index contributed by atoms with van der Waals surface area (Å²) in [7, 11) is 0. The van der Waals surface area contributed by atoms with E-state index < -0.39 is 0 Å². The predicted octanol–water partition coefficient (Wildman–Crippen LogP) is 1.58. The molecule has 0 fully saturated rings. The first-order chi connectivity index (χ1) is 6.77. The van der Waals surface area contributed by atoms with Crippen LogP contribution in [0.15, 0.2) is 18.2 Å². The second kappa shape index (κ2) is 2.54. The van der Waals surface area contributed by atoms with Crippen molar-refractivity contribution in [2.24, 2.45) is 5.73 Å². The minimum absolute atomic E-state index is 0.0400. The molecule has 0 aliphatic carbocycles. The van der Waals surface area contributed by atoms with E-state index in [-0.39, 0.29) is 11.9 Å². The second-order valence-corrected chi connectivity index (χ2v) is 3.62. The van der Waals surface area contributed by atoms with Crippen molar-refractivity contribution in [1.29, 1.82) is 0 Å². The van der Waals surface area contributed by atoms with E-state index >= 15 is 0 Å². The normalized spacial score (nSPS) is 20.3. The van der Waals surface area contributed by atoms with Crippen LogP contribution < -0.4 is 5.73 Å². The molecule has 2 heterocycles. The van der Waals surface area contributed by atoms with E-state index in [0.29, 0.717) is 5.52 Å². The van der Waals surface area contributed by atoms with Crippen molar-refractivity contribution < 1.29 is 4.39 Å². The number of hydrogen-bond donors (Lipinski definition) is 1. The molecule has 1 aliphatic rings. The standard InChI is InChI=1S/C10H10FN3/c11-6-2-1-3-8-9(6)13-10-7(12)4-5-14(8)10/h1-3,7H,4-5,12H2. The third-order valence-electron chi connectivity index (χ3n) is 2.75. The van der Waals surface area contributed by atoms with Gasteiger partial charge in [-0.05, 0) is 18.6 Å². The molecule has 4 heteroatoms. The van der Waals surface area contributed by atoms with Crippen molar-refractivity contribution in [3.05, 3.63) is 29.8 Å². The average Bonchev–Trinajstić information content (AvgIpc) is 2.69. The highest BCUT2D eigenvalue weighted by Gasteiger charge is 2.24. The van der Waals surface area contributed by atoms with E-state index in [1.54, 1.807) is 6.07 Å². The molecule has 2 aromatic rings. The molecular formula is C10H10FN3. The number of hydrogen-bond acceptors (Lipinski definition) is 2. The summed E-state index contributed by atoms with van der Waals surface area (Å²) in [5.74, 6) is 0.543. The first kappa shape index (κ1) is 7.94. The molecule has 0 saturated carbocycles. The van der Waals surface area contributed by atoms with Crippen LogP contribution in [0.3, 0.4) is 0 Å². The molecule has 0 spiro atoms. The minimum Gasteiger partial charge on any atom is -0.327 e. The van der Waals surface area contributed by atoms with Crippen LogP contribution in [0.2, 0.25) is 0 Å². The summed E-state index contributed by atoms with van der Waals surface area (Å²) < 4.78 is 15.4. The lowest BCUT2D eigenvalue weighted by molar-refractivity contribution is 0.634. The van der Waals surface area contributed by atoms with Gasteiger partial charge < -0.3 is 10.3 Å². The fourth-order valence-electron chi connectivity index (χ4n) is 2.05. The second-order valence-electron chi connectivity index (χ2n) is 3.62. The van der Waals surface area contributed by atoms with Gasteiger partial charge in [-0.15, -0.1) is 0 Å². The number of halogens is 1. The summed E-state index contributed by atoms with van der Waals surface area (Å²) in [6.07, 6.45) is 0.898. The molecule has 0 bridgehead atoms. The lowest BCUT2D eigenvalue weighted by atomic mass is 10.2. The van der Waals surface area contributed by atoms with Crippen LogP contribution >= 0.6 is 0 Å². The van der Waals surface area contributed by atoms with Crippen molar-refractivity contribution in [3.63, 3.8) is 0 Å². The van der Waals surface area contributed by atoms with Crippen LogP contribution in [-0.4, -0.2) is 9.55 Å². The summed E-state index contributed by atoms with van der Waals surface area (Å²) in [5.41, 5.74) is 7.15. The smallest absolute Gasteiger partial charge is 0.151 e. The number of para-hydroxylation sites is 1. The molecule has 0 radical (unpaired) electrons. The van der Waals surface area contributed by atoms with Crippen LogP contribution in [0.1, 0.15) is 18.3 Å². The van der Waals surface area contributed by atoms with Crippen molar-refractivity contribution in [2.45, 2.75) is 19.0 Å². The number of rotatable bonds is 0. The van der Waals surface area contributed by atoms with Gasteiger partial charge in [0.1, 0.15) is 11.3 Å². The number of aromatic nitrogens is 2. The number of nitrogens with two attached hydrogens (primary N) is 1. The fourth-order valence-corrected chi connectivity index (χ4v) is 2.05. The first-order valence-corrected chi connectivity index (χ1v) is 4.67. The van der Waals surface area contributed by atoms with Crippen molar-refractivity contribution >= 4 is 11.0 Å². The van der Waals surface area contributed by atoms with Crippen molar-refractivity contribution in [2.75, 3.05) is 0 Å². The topological polar surface area (TPSA) is 43.8 Å². The number of aryl methyl sites for hydroxylation is 1. The van der Waals surface area contributed by atoms with Gasteiger partial charge in [0.25, 0.3) is 0 Å². The van der Waals surface area contributed by atoms with E-state index in [4.69, 9.17) is 5.73 Å². The molecule has 0 saturated heterocycles. The molecule has 72 valence electrons. The quantitative estimate of drug-likeness (QED) is 0.687. The van der Waals surface area contributed by atoms with Gasteiger partial charge in [-0.3, -0.25) is 0 Å². The lowest BCUT2D eigenvalue weighted by Crippen LogP contribution is -2.06. The molecular weight excluding hydrogens is 181 g/mol. The Hall–Kier alpha value is -1.42. The number of nitrogens with zero attached hydrogens (tertiary/aromatic N) is 2. The highest BCUT2D eigenvalue weighted by molar-refractivity contribution is 5.77. The molecule has 2 N–H and O–H groups in total. The molecule has 3 nitrogen and oxygen atoms in total. The molecule has 1 atom stereocenters. The SMILES string of the molecule is NC1CCn2c1nc1c(F)cccc12. The number of imidazole rings is 1. The Kier molecular flexibility index (Phi) is 1.44. The summed E-state index contributed by atoms with van der Waals surface area (Å²) in [6.45, 7) is 0.844. The molecule has 14 heavy (non-hydrogen) atoms. The molecule has 0 amide bonds. The van der Waals surface area contributed by atoms with E-state index in [1.807, 2.05) is 10.6 Å². The molecule has 1 aromatic heterocycles. The molecule has 3 rings (SSSR count). The Morgan fingerprint density at radius 3 is 3.21 bits per heavy atom. The Labute approximate surface area is 80.3 Å². The highest BCUT2D eigenvalue weighted by Crippen LogP contribution is 2.28. The summed E-state index contributed by atoms with van der Waals surface area (Å²) >= 11 is 0. The third kappa shape index (κ3) is 0.861. The Morgan fingerprint density at radius 2 is 2.36 bits per heavy atom. The van der Waals surface area contributed by atoms with E-state index in [9.17, 15) is 4.39 Å². The van der Waals surface area contributed by atoms with E-state index in [0.717, 1.165) is 24.3 Å². The zero-order valence-electron chi connectivity index (χ0n) is 7.57. The zero-order valence-corrected chi connectivity index (χ0v) is 7.57. The van der Waals surface area contributed by atoms with Crippen LogP contribution in [0.25, 0.3) is 11.0 Å². The van der Waals surface area contributed by atoms with Gasteiger partial charge >= 0.3 is 0 Å². The highest BCUT2D eigenvalue weighted by atomic mass is 19.1. The van der Waals surface area contributed by atoms with Crippen LogP contribution in [-0.2, 0) is 6.54 Å². The van der Waals surface area contributed by atoms with Gasteiger partial charge in [-0.25, -0.2) is 9.37 Å². The summed E-state index contributed by atoms with van der Waals surface area (Å²) in [4.78, 5) is 4.24. The van der Waals surface area contributed by atoms with Crippen molar-refractivity contribution in [1.82, 2.24) is 9.55 Å². The maximum absolute atomic E-state index is 13.4. The zero-order chi connectivity index (χ0) is 9.71. The largest absolute Gasteiger partial charge is 0.327 e. The van der Waals surface area contributed by atoms with Crippen molar-refractivity contribution in [3.8, 4) is 0 Å². The van der Waals surface area contributed by atoms with Gasteiger partial charge in [0.05, 0.1) is 11.6 Å². The van der Waals surface area contributed by atoms with Gasteiger partial charge in [0, 0.05) is 6.54 Å². The van der Waals surface area contributed by atoms with Gasteiger partial charge in [-0.1, -0.05) is 6.07 Å². The maximum Gasteiger partial charge on any atom is 0.151 e. The number of benzene rings is 1. The monoisotopic (exact) mass is 191 g/mol. The Balaban J connectivity index is 2.40. The Morgan fingerprint density at radius 1 is 1.50 bits per heavy atom.